The molecular weight excluding hydrogens is 280 g/mol. The Balaban J connectivity index is 2.71. The number of hydrogen-bond donors (Lipinski definition) is 2. The van der Waals surface area contributed by atoms with Crippen molar-refractivity contribution in [2.24, 2.45) is 0 Å². The van der Waals surface area contributed by atoms with Gasteiger partial charge in [-0.15, -0.1) is 0 Å². The van der Waals surface area contributed by atoms with Crippen LogP contribution in [0, 0.1) is 13.8 Å². The maximum Gasteiger partial charge on any atom is 0.305 e. The Morgan fingerprint density at radius 3 is 2.55 bits per heavy atom. The van der Waals surface area contributed by atoms with Crippen LogP contribution in [0.25, 0.3) is 0 Å². The number of nitrogens with two attached hydrogens (primary N) is 1. The number of sulfonamides is 1. The third-order valence-corrected chi connectivity index (χ3v) is 4.26. The van der Waals surface area contributed by atoms with E-state index in [0.29, 0.717) is 11.4 Å². The van der Waals surface area contributed by atoms with Gasteiger partial charge in [0.25, 0.3) is 0 Å². The molecular formula is C13H20N2O4S. The number of hydrogen-bond acceptors (Lipinski definition) is 5. The van der Waals surface area contributed by atoms with E-state index in [-0.39, 0.29) is 18.6 Å². The minimum absolute atomic E-state index is 0.0758. The molecule has 0 saturated heterocycles. The van der Waals surface area contributed by atoms with E-state index in [1.807, 2.05) is 13.0 Å². The van der Waals surface area contributed by atoms with Crippen LogP contribution in [0.5, 0.6) is 0 Å². The first-order valence-electron chi connectivity index (χ1n) is 6.19. The highest BCUT2D eigenvalue weighted by atomic mass is 32.2. The summed E-state index contributed by atoms with van der Waals surface area (Å²) in [7, 11) is -2.23. The molecule has 20 heavy (non-hydrogen) atoms. The van der Waals surface area contributed by atoms with E-state index >= 15 is 0 Å². The number of benzene rings is 1. The normalized spacial score (nSPS) is 11.2. The smallest absolute Gasteiger partial charge is 0.305 e. The van der Waals surface area contributed by atoms with Crippen LogP contribution < -0.4 is 10.5 Å². The number of nitrogen functional groups attached to an aromatic ring is 1. The Morgan fingerprint density at radius 1 is 1.30 bits per heavy atom. The van der Waals surface area contributed by atoms with E-state index in [0.717, 1.165) is 11.1 Å². The highest BCUT2D eigenvalue weighted by molar-refractivity contribution is 7.92. The zero-order valence-electron chi connectivity index (χ0n) is 11.9. The molecule has 0 aliphatic carbocycles. The second-order valence-corrected chi connectivity index (χ2v) is 6.47. The van der Waals surface area contributed by atoms with Crippen molar-refractivity contribution in [3.8, 4) is 0 Å². The van der Waals surface area contributed by atoms with E-state index < -0.39 is 16.0 Å². The number of aryl methyl sites for hydroxylation is 2. The van der Waals surface area contributed by atoms with Crippen LogP contribution in [0.15, 0.2) is 12.1 Å². The molecule has 7 heteroatoms. The number of esters is 1. The fraction of sp³-hybridized carbons (Fsp3) is 0.462. The van der Waals surface area contributed by atoms with Crippen LogP contribution in [-0.2, 0) is 19.6 Å². The largest absolute Gasteiger partial charge is 0.469 e. The first kappa shape index (κ1) is 16.3. The van der Waals surface area contributed by atoms with Gasteiger partial charge in [-0.3, -0.25) is 9.52 Å². The Bertz CT molecular complexity index is 597. The molecule has 0 radical (unpaired) electrons. The maximum atomic E-state index is 11.9. The Labute approximate surface area is 119 Å². The van der Waals surface area contributed by atoms with E-state index in [1.54, 1.807) is 13.0 Å². The van der Waals surface area contributed by atoms with Crippen LogP contribution in [0.2, 0.25) is 0 Å². The molecule has 0 atom stereocenters. The van der Waals surface area contributed by atoms with Crippen molar-refractivity contribution < 1.29 is 17.9 Å². The lowest BCUT2D eigenvalue weighted by molar-refractivity contribution is -0.140. The van der Waals surface area contributed by atoms with Gasteiger partial charge < -0.3 is 10.5 Å². The molecule has 0 spiro atoms. The first-order valence-corrected chi connectivity index (χ1v) is 7.84. The fourth-order valence-electron chi connectivity index (χ4n) is 1.71. The van der Waals surface area contributed by atoms with Gasteiger partial charge in [0.1, 0.15) is 0 Å². The second kappa shape index (κ2) is 6.60. The van der Waals surface area contributed by atoms with Gasteiger partial charge in [0, 0.05) is 12.1 Å². The Hall–Kier alpha value is -1.76. The number of rotatable bonds is 6. The van der Waals surface area contributed by atoms with Gasteiger partial charge >= 0.3 is 5.97 Å². The standard InChI is InChI=1S/C13H20N2O4S/c1-9-7-10(2)12(8-11(9)14)15-20(17,18)6-4-5-13(16)19-3/h7-8,15H,4-6,14H2,1-3H3. The number of ether oxygens (including phenoxy) is 1. The summed E-state index contributed by atoms with van der Waals surface area (Å²) in [6, 6.07) is 3.42. The lowest BCUT2D eigenvalue weighted by Crippen LogP contribution is -2.18. The van der Waals surface area contributed by atoms with Gasteiger partial charge in [-0.05, 0) is 37.5 Å². The molecule has 112 valence electrons. The predicted molar refractivity (Wildman–Crippen MR) is 79.0 cm³/mol. The molecule has 0 aliphatic rings. The fourth-order valence-corrected chi connectivity index (χ4v) is 2.89. The summed E-state index contributed by atoms with van der Waals surface area (Å²) >= 11 is 0. The van der Waals surface area contributed by atoms with E-state index in [2.05, 4.69) is 9.46 Å². The predicted octanol–water partition coefficient (Wildman–Crippen LogP) is 1.58. The molecule has 0 saturated carbocycles. The average molecular weight is 300 g/mol. The number of nitrogens with one attached hydrogen (secondary N) is 1. The van der Waals surface area contributed by atoms with Crippen LogP contribution in [0.1, 0.15) is 24.0 Å². The van der Waals surface area contributed by atoms with Gasteiger partial charge in [-0.2, -0.15) is 0 Å². The van der Waals surface area contributed by atoms with Crippen molar-refractivity contribution >= 4 is 27.4 Å². The van der Waals surface area contributed by atoms with Crippen molar-refractivity contribution in [3.63, 3.8) is 0 Å². The third kappa shape index (κ3) is 4.73. The van der Waals surface area contributed by atoms with E-state index in [9.17, 15) is 13.2 Å². The van der Waals surface area contributed by atoms with Crippen LogP contribution in [-0.4, -0.2) is 27.2 Å². The van der Waals surface area contributed by atoms with Crippen molar-refractivity contribution in [2.75, 3.05) is 23.3 Å². The van der Waals surface area contributed by atoms with Gasteiger partial charge in [0.2, 0.25) is 10.0 Å². The summed E-state index contributed by atoms with van der Waals surface area (Å²) < 4.78 is 30.8. The summed E-state index contributed by atoms with van der Waals surface area (Å²) in [5.74, 6) is -0.564. The first-order chi connectivity index (χ1) is 9.25. The number of carbonyl (C=O) groups excluding carboxylic acids is 1. The number of carbonyl (C=O) groups is 1. The highest BCUT2D eigenvalue weighted by Crippen LogP contribution is 2.23. The monoisotopic (exact) mass is 300 g/mol. The number of anilines is 2. The van der Waals surface area contributed by atoms with Gasteiger partial charge in [-0.1, -0.05) is 6.07 Å². The van der Waals surface area contributed by atoms with Crippen molar-refractivity contribution in [1.82, 2.24) is 0 Å². The van der Waals surface area contributed by atoms with Gasteiger partial charge in [-0.25, -0.2) is 8.42 Å². The van der Waals surface area contributed by atoms with Crippen molar-refractivity contribution in [2.45, 2.75) is 26.7 Å². The summed E-state index contributed by atoms with van der Waals surface area (Å²) in [5, 5.41) is 0. The molecule has 0 aliphatic heterocycles. The average Bonchev–Trinajstić information content (AvgIpc) is 2.35. The molecule has 1 aromatic carbocycles. The zero-order chi connectivity index (χ0) is 15.3. The zero-order valence-corrected chi connectivity index (χ0v) is 12.7. The SMILES string of the molecule is COC(=O)CCCS(=O)(=O)Nc1cc(N)c(C)cc1C. The highest BCUT2D eigenvalue weighted by Gasteiger charge is 2.14. The molecule has 0 heterocycles. The molecule has 0 aromatic heterocycles. The minimum atomic E-state index is -3.50. The number of methoxy groups -OCH3 is 1. The Kier molecular flexibility index (Phi) is 5.38. The van der Waals surface area contributed by atoms with E-state index in [4.69, 9.17) is 5.73 Å². The molecule has 1 aromatic rings. The van der Waals surface area contributed by atoms with Gasteiger partial charge in [0.15, 0.2) is 0 Å². The maximum absolute atomic E-state index is 11.9. The molecule has 1 rings (SSSR count). The minimum Gasteiger partial charge on any atom is -0.469 e. The molecule has 0 unspecified atom stereocenters. The van der Waals surface area contributed by atoms with Crippen LogP contribution >= 0.6 is 0 Å². The van der Waals surface area contributed by atoms with Crippen LogP contribution in [0.3, 0.4) is 0 Å². The lowest BCUT2D eigenvalue weighted by Gasteiger charge is -2.12. The topological polar surface area (TPSA) is 98.5 Å². The Morgan fingerprint density at radius 2 is 1.95 bits per heavy atom. The molecule has 0 amide bonds. The van der Waals surface area contributed by atoms with Crippen molar-refractivity contribution in [3.05, 3.63) is 23.3 Å². The van der Waals surface area contributed by atoms with Crippen molar-refractivity contribution in [1.29, 1.82) is 0 Å². The molecule has 3 N–H and O–H groups in total. The molecule has 0 bridgehead atoms. The summed E-state index contributed by atoms with van der Waals surface area (Å²) in [6.45, 7) is 3.66. The molecule has 0 fully saturated rings. The quantitative estimate of drug-likeness (QED) is 0.614. The summed E-state index contributed by atoms with van der Waals surface area (Å²) in [5.41, 5.74) is 8.46. The van der Waals surface area contributed by atoms with Crippen LogP contribution in [0.4, 0.5) is 11.4 Å². The van der Waals surface area contributed by atoms with E-state index in [1.165, 1.54) is 7.11 Å². The summed E-state index contributed by atoms with van der Waals surface area (Å²) in [4.78, 5) is 10.9. The lowest BCUT2D eigenvalue weighted by atomic mass is 10.1. The second-order valence-electron chi connectivity index (χ2n) is 4.62. The molecule has 6 nitrogen and oxygen atoms in total. The third-order valence-electron chi connectivity index (χ3n) is 2.90. The summed E-state index contributed by atoms with van der Waals surface area (Å²) in [6.07, 6.45) is 0.287. The van der Waals surface area contributed by atoms with Gasteiger partial charge in [0.05, 0.1) is 18.6 Å².